The van der Waals surface area contributed by atoms with Gasteiger partial charge in [-0.1, -0.05) is 47.7 Å². The summed E-state index contributed by atoms with van der Waals surface area (Å²) in [7, 11) is 1.58. The summed E-state index contributed by atoms with van der Waals surface area (Å²) in [5, 5.41) is 9.34. The van der Waals surface area contributed by atoms with E-state index in [2.05, 4.69) is 27.0 Å². The smallest absolute Gasteiger partial charge is 0.338 e. The van der Waals surface area contributed by atoms with Gasteiger partial charge in [0.2, 0.25) is 0 Å². The van der Waals surface area contributed by atoms with Crippen LogP contribution < -0.4 is 24.4 Å². The number of fused-ring (bicyclic) bond motifs is 1. The Hall–Kier alpha value is -4.46. The van der Waals surface area contributed by atoms with Crippen LogP contribution in [-0.4, -0.2) is 23.8 Å². The molecule has 3 aromatic carbocycles. The van der Waals surface area contributed by atoms with Crippen molar-refractivity contribution in [1.82, 2.24) is 4.57 Å². The zero-order valence-electron chi connectivity index (χ0n) is 24.0. The molecule has 0 fully saturated rings. The summed E-state index contributed by atoms with van der Waals surface area (Å²) >= 11 is 4.83. The van der Waals surface area contributed by atoms with E-state index in [4.69, 9.17) is 14.2 Å². The summed E-state index contributed by atoms with van der Waals surface area (Å²) in [6.45, 7) is 5.57. The fourth-order valence-corrected chi connectivity index (χ4v) is 6.31. The van der Waals surface area contributed by atoms with E-state index in [9.17, 15) is 14.9 Å². The van der Waals surface area contributed by atoms with Gasteiger partial charge in [-0.25, -0.2) is 9.79 Å². The molecule has 0 aliphatic carbocycles. The van der Waals surface area contributed by atoms with E-state index in [-0.39, 0.29) is 18.3 Å². The average molecular weight is 659 g/mol. The number of esters is 1. The first-order valence-corrected chi connectivity index (χ1v) is 15.1. The van der Waals surface area contributed by atoms with Crippen LogP contribution in [0, 0.1) is 11.3 Å². The Morgan fingerprint density at radius 3 is 2.58 bits per heavy atom. The van der Waals surface area contributed by atoms with E-state index in [1.807, 2.05) is 48.5 Å². The number of halogens is 1. The molecule has 1 aliphatic heterocycles. The number of ether oxygens (including phenoxy) is 3. The number of hydrogen-bond donors (Lipinski definition) is 0. The predicted molar refractivity (Wildman–Crippen MR) is 168 cm³/mol. The highest BCUT2D eigenvalue weighted by molar-refractivity contribution is 9.10. The van der Waals surface area contributed by atoms with Crippen molar-refractivity contribution in [2.75, 3.05) is 7.11 Å². The van der Waals surface area contributed by atoms with Crippen LogP contribution in [0.1, 0.15) is 49.1 Å². The molecule has 218 valence electrons. The maximum Gasteiger partial charge on any atom is 0.338 e. The maximum atomic E-state index is 13.9. The quantitative estimate of drug-likeness (QED) is 0.235. The molecule has 10 heteroatoms. The fraction of sp³-hybridized carbons (Fsp3) is 0.212. The Kier molecular flexibility index (Phi) is 8.94. The Balaban J connectivity index is 1.52. The lowest BCUT2D eigenvalue weighted by Gasteiger charge is -2.25. The second-order valence-electron chi connectivity index (χ2n) is 10.1. The number of benzene rings is 3. The highest BCUT2D eigenvalue weighted by Crippen LogP contribution is 2.32. The topological polar surface area (TPSA) is 103 Å². The number of nitrogens with zero attached hydrogens (tertiary/aromatic N) is 3. The van der Waals surface area contributed by atoms with Crippen molar-refractivity contribution in [2.24, 2.45) is 4.99 Å². The van der Waals surface area contributed by atoms with Crippen LogP contribution in [0.5, 0.6) is 11.5 Å². The van der Waals surface area contributed by atoms with Gasteiger partial charge in [0.05, 0.1) is 51.2 Å². The lowest BCUT2D eigenvalue weighted by atomic mass is 9.96. The van der Waals surface area contributed by atoms with E-state index in [1.54, 1.807) is 56.7 Å². The molecule has 0 saturated heterocycles. The highest BCUT2D eigenvalue weighted by Gasteiger charge is 2.33. The number of carbonyl (C=O) groups is 1. The number of carbonyl (C=O) groups excluding carboxylic acids is 1. The normalized spacial score (nSPS) is 14.6. The molecular weight excluding hydrogens is 630 g/mol. The molecule has 0 saturated carbocycles. The molecular formula is C33H28BrN3O5S. The summed E-state index contributed by atoms with van der Waals surface area (Å²) in [5.41, 5.74) is 3.42. The van der Waals surface area contributed by atoms with Crippen LogP contribution in [0.15, 0.2) is 92.3 Å². The third-order valence-electron chi connectivity index (χ3n) is 6.79. The van der Waals surface area contributed by atoms with Crippen LogP contribution in [0.3, 0.4) is 0 Å². The SMILES string of the molecule is COc1ccc(C2C(C(=O)OC(C)C)=C(C)N=c3s/c(=C\c4ccc(OCc5ccccc5C#N)c(Br)c4)c(=O)n32)cc1. The second kappa shape index (κ2) is 12.8. The van der Waals surface area contributed by atoms with Crippen molar-refractivity contribution in [3.8, 4) is 17.6 Å². The summed E-state index contributed by atoms with van der Waals surface area (Å²) in [6.07, 6.45) is 1.46. The van der Waals surface area contributed by atoms with Gasteiger partial charge in [-0.2, -0.15) is 5.26 Å². The molecule has 43 heavy (non-hydrogen) atoms. The molecule has 8 nitrogen and oxygen atoms in total. The zero-order chi connectivity index (χ0) is 30.7. The van der Waals surface area contributed by atoms with E-state index < -0.39 is 12.0 Å². The minimum Gasteiger partial charge on any atom is -0.497 e. The highest BCUT2D eigenvalue weighted by atomic mass is 79.9. The van der Waals surface area contributed by atoms with Crippen molar-refractivity contribution in [3.63, 3.8) is 0 Å². The summed E-state index contributed by atoms with van der Waals surface area (Å²) in [5.74, 6) is 0.758. The first-order valence-electron chi connectivity index (χ1n) is 13.5. The van der Waals surface area contributed by atoms with Gasteiger partial charge in [0, 0.05) is 5.56 Å². The molecule has 4 aromatic rings. The predicted octanol–water partition coefficient (Wildman–Crippen LogP) is 5.41. The Morgan fingerprint density at radius 2 is 1.91 bits per heavy atom. The number of hydrogen-bond acceptors (Lipinski definition) is 8. The molecule has 0 radical (unpaired) electrons. The monoisotopic (exact) mass is 657 g/mol. The van der Waals surface area contributed by atoms with Crippen LogP contribution in [0.4, 0.5) is 0 Å². The van der Waals surface area contributed by atoms with Crippen molar-refractivity contribution in [3.05, 3.63) is 124 Å². The molecule has 1 unspecified atom stereocenters. The van der Waals surface area contributed by atoms with E-state index >= 15 is 0 Å². The molecule has 0 amide bonds. The van der Waals surface area contributed by atoms with Gasteiger partial charge in [0.1, 0.15) is 18.1 Å². The van der Waals surface area contributed by atoms with Gasteiger partial charge in [0.25, 0.3) is 5.56 Å². The first-order chi connectivity index (χ1) is 20.7. The standard InChI is InChI=1S/C33H28BrN3O5S/c1-19(2)42-32(39)29-20(3)36-33-37(30(29)22-10-12-25(40-4)13-11-22)31(38)28(43-33)16-21-9-14-27(26(34)15-21)41-18-24-8-6-5-7-23(24)17-35/h5-16,19,30H,18H2,1-4H3/b28-16-. The zero-order valence-corrected chi connectivity index (χ0v) is 26.4. The van der Waals surface area contributed by atoms with E-state index in [0.29, 0.717) is 42.1 Å². The van der Waals surface area contributed by atoms with Gasteiger partial charge < -0.3 is 14.2 Å². The Labute approximate surface area is 260 Å². The molecule has 2 heterocycles. The lowest BCUT2D eigenvalue weighted by Crippen LogP contribution is -2.40. The van der Waals surface area contributed by atoms with Crippen LogP contribution in [0.25, 0.3) is 6.08 Å². The van der Waals surface area contributed by atoms with E-state index in [0.717, 1.165) is 16.7 Å². The number of methoxy groups -OCH3 is 1. The Bertz CT molecular complexity index is 1950. The lowest BCUT2D eigenvalue weighted by molar-refractivity contribution is -0.143. The van der Waals surface area contributed by atoms with Gasteiger partial charge in [-0.3, -0.25) is 9.36 Å². The molecule has 0 spiro atoms. The second-order valence-corrected chi connectivity index (χ2v) is 11.9. The number of thiazole rings is 1. The molecule has 1 atom stereocenters. The summed E-state index contributed by atoms with van der Waals surface area (Å²) in [6, 6.07) is 21.6. The molecule has 0 N–H and O–H groups in total. The van der Waals surface area contributed by atoms with Gasteiger partial charge in [0.15, 0.2) is 4.80 Å². The van der Waals surface area contributed by atoms with Gasteiger partial charge in [-0.05, 0) is 84.2 Å². The van der Waals surface area contributed by atoms with Gasteiger partial charge >= 0.3 is 5.97 Å². The molecule has 1 aromatic heterocycles. The fourth-order valence-electron chi connectivity index (χ4n) is 4.75. The van der Waals surface area contributed by atoms with Crippen molar-refractivity contribution < 1.29 is 19.0 Å². The summed E-state index contributed by atoms with van der Waals surface area (Å²) < 4.78 is 19.6. The van der Waals surface area contributed by atoms with E-state index in [1.165, 1.54) is 11.3 Å². The number of allylic oxidation sites excluding steroid dienone is 1. The molecule has 1 aliphatic rings. The van der Waals surface area contributed by atoms with Gasteiger partial charge in [-0.15, -0.1) is 0 Å². The van der Waals surface area contributed by atoms with Crippen molar-refractivity contribution in [1.29, 1.82) is 5.26 Å². The van der Waals surface area contributed by atoms with Crippen LogP contribution >= 0.6 is 27.3 Å². The van der Waals surface area contributed by atoms with Crippen molar-refractivity contribution >= 4 is 39.3 Å². The number of aromatic nitrogens is 1. The minimum atomic E-state index is -0.714. The maximum absolute atomic E-state index is 13.9. The minimum absolute atomic E-state index is 0.243. The Morgan fingerprint density at radius 1 is 1.16 bits per heavy atom. The summed E-state index contributed by atoms with van der Waals surface area (Å²) in [4.78, 5) is 32.3. The third-order valence-corrected chi connectivity index (χ3v) is 8.39. The van der Waals surface area contributed by atoms with Crippen LogP contribution in [-0.2, 0) is 16.1 Å². The molecule has 5 rings (SSSR count). The third kappa shape index (κ3) is 6.33. The van der Waals surface area contributed by atoms with Crippen molar-refractivity contribution in [2.45, 2.75) is 39.5 Å². The number of nitriles is 1. The van der Waals surface area contributed by atoms with Crippen LogP contribution in [0.2, 0.25) is 0 Å². The molecule has 0 bridgehead atoms. The first kappa shape index (κ1) is 30.0. The number of rotatable bonds is 8. The average Bonchev–Trinajstić information content (AvgIpc) is 3.29. The largest absolute Gasteiger partial charge is 0.497 e.